The predicted molar refractivity (Wildman–Crippen MR) is 124 cm³/mol. The van der Waals surface area contributed by atoms with Crippen LogP contribution < -0.4 is 5.32 Å². The molecule has 0 spiro atoms. The number of benzene rings is 2. The molecule has 0 saturated carbocycles. The SMILES string of the molecule is Cc1ccccc1-n1nc(C(=O)NCC(c2ccccc2)N2CCOCC2)c2c1CCC2. The van der Waals surface area contributed by atoms with Gasteiger partial charge in [0.05, 0.1) is 24.9 Å². The van der Waals surface area contributed by atoms with Crippen LogP contribution in [0.5, 0.6) is 0 Å². The molecule has 0 bridgehead atoms. The minimum atomic E-state index is -0.0790. The second kappa shape index (κ2) is 9.27. The Morgan fingerprint density at radius 1 is 1.06 bits per heavy atom. The van der Waals surface area contributed by atoms with Crippen molar-refractivity contribution in [2.45, 2.75) is 32.2 Å². The summed E-state index contributed by atoms with van der Waals surface area (Å²) in [6.07, 6.45) is 2.94. The van der Waals surface area contributed by atoms with Gasteiger partial charge < -0.3 is 10.1 Å². The summed E-state index contributed by atoms with van der Waals surface area (Å²) in [5, 5.41) is 8.00. The fourth-order valence-electron chi connectivity index (χ4n) is 4.92. The van der Waals surface area contributed by atoms with Gasteiger partial charge >= 0.3 is 0 Å². The molecule has 32 heavy (non-hydrogen) atoms. The third-order valence-electron chi connectivity index (χ3n) is 6.62. The fourth-order valence-corrected chi connectivity index (χ4v) is 4.92. The molecule has 2 aliphatic rings. The summed E-state index contributed by atoms with van der Waals surface area (Å²) in [5.74, 6) is -0.0790. The molecule has 1 fully saturated rings. The zero-order valence-electron chi connectivity index (χ0n) is 18.6. The number of fused-ring (bicyclic) bond motifs is 1. The predicted octanol–water partition coefficient (Wildman–Crippen LogP) is 3.47. The fraction of sp³-hybridized carbons (Fsp3) is 0.385. The summed E-state index contributed by atoms with van der Waals surface area (Å²) < 4.78 is 7.53. The van der Waals surface area contributed by atoms with Crippen LogP contribution in [-0.2, 0) is 17.6 Å². The van der Waals surface area contributed by atoms with E-state index in [-0.39, 0.29) is 11.9 Å². The van der Waals surface area contributed by atoms with Crippen LogP contribution in [0.25, 0.3) is 5.69 Å². The second-order valence-corrected chi connectivity index (χ2v) is 8.61. The van der Waals surface area contributed by atoms with Gasteiger partial charge in [-0.3, -0.25) is 9.69 Å². The number of amides is 1. The Kier molecular flexibility index (Phi) is 6.06. The van der Waals surface area contributed by atoms with E-state index in [0.29, 0.717) is 12.2 Å². The van der Waals surface area contributed by atoms with Gasteiger partial charge in [-0.15, -0.1) is 0 Å². The summed E-state index contributed by atoms with van der Waals surface area (Å²) in [4.78, 5) is 15.7. The lowest BCUT2D eigenvalue weighted by Gasteiger charge is -2.34. The van der Waals surface area contributed by atoms with Gasteiger partial charge in [-0.05, 0) is 43.4 Å². The van der Waals surface area contributed by atoms with E-state index in [1.54, 1.807) is 0 Å². The summed E-state index contributed by atoms with van der Waals surface area (Å²) in [6, 6.07) is 18.8. The molecule has 166 valence electrons. The van der Waals surface area contributed by atoms with Gasteiger partial charge in [0.15, 0.2) is 5.69 Å². The maximum Gasteiger partial charge on any atom is 0.272 e. The molecule has 6 nitrogen and oxygen atoms in total. The van der Waals surface area contributed by atoms with Crippen LogP contribution in [0.3, 0.4) is 0 Å². The zero-order valence-corrected chi connectivity index (χ0v) is 18.6. The number of morpholine rings is 1. The molecule has 1 aromatic heterocycles. The Hall–Kier alpha value is -2.96. The zero-order chi connectivity index (χ0) is 21.9. The highest BCUT2D eigenvalue weighted by atomic mass is 16.5. The van der Waals surface area contributed by atoms with Gasteiger partial charge in [-0.1, -0.05) is 48.5 Å². The van der Waals surface area contributed by atoms with Crippen LogP contribution >= 0.6 is 0 Å². The summed E-state index contributed by atoms with van der Waals surface area (Å²) in [5.41, 5.74) is 6.29. The highest BCUT2D eigenvalue weighted by Gasteiger charge is 2.29. The molecule has 1 aliphatic heterocycles. The average Bonchev–Trinajstić information content (AvgIpc) is 3.44. The lowest BCUT2D eigenvalue weighted by Crippen LogP contribution is -2.44. The monoisotopic (exact) mass is 430 g/mol. The number of aryl methyl sites for hydroxylation is 1. The smallest absolute Gasteiger partial charge is 0.272 e. The van der Waals surface area contributed by atoms with Crippen molar-refractivity contribution in [1.82, 2.24) is 20.0 Å². The molecule has 0 radical (unpaired) electrons. The molecule has 6 heteroatoms. The van der Waals surface area contributed by atoms with E-state index in [9.17, 15) is 4.79 Å². The molecule has 5 rings (SSSR count). The molecule has 1 amide bonds. The number of para-hydroxylation sites is 1. The minimum Gasteiger partial charge on any atom is -0.379 e. The number of hydrogen-bond acceptors (Lipinski definition) is 4. The van der Waals surface area contributed by atoms with Crippen LogP contribution in [-0.4, -0.2) is 53.4 Å². The molecule has 1 saturated heterocycles. The number of carbonyl (C=O) groups excluding carboxylic acids is 1. The molecule has 1 aliphatic carbocycles. The molecular formula is C26H30N4O2. The van der Waals surface area contributed by atoms with E-state index >= 15 is 0 Å². The number of hydrogen-bond donors (Lipinski definition) is 1. The lowest BCUT2D eigenvalue weighted by atomic mass is 10.0. The van der Waals surface area contributed by atoms with Gasteiger partial charge in [0.2, 0.25) is 0 Å². The number of ether oxygens (including phenoxy) is 1. The van der Waals surface area contributed by atoms with Crippen LogP contribution in [0, 0.1) is 6.92 Å². The van der Waals surface area contributed by atoms with Gasteiger partial charge in [0.1, 0.15) is 0 Å². The molecule has 1 N–H and O–H groups in total. The van der Waals surface area contributed by atoms with Gasteiger partial charge in [0.25, 0.3) is 5.91 Å². The first-order chi connectivity index (χ1) is 15.7. The van der Waals surface area contributed by atoms with Crippen molar-refractivity contribution in [3.8, 4) is 5.69 Å². The average molecular weight is 431 g/mol. The van der Waals surface area contributed by atoms with E-state index in [1.807, 2.05) is 22.9 Å². The number of nitrogens with one attached hydrogen (secondary N) is 1. The lowest BCUT2D eigenvalue weighted by molar-refractivity contribution is 0.0162. The van der Waals surface area contributed by atoms with Crippen LogP contribution in [0.2, 0.25) is 0 Å². The summed E-state index contributed by atoms with van der Waals surface area (Å²) in [6.45, 7) is 5.83. The van der Waals surface area contributed by atoms with Crippen molar-refractivity contribution in [3.05, 3.63) is 82.7 Å². The Morgan fingerprint density at radius 2 is 1.81 bits per heavy atom. The third-order valence-corrected chi connectivity index (χ3v) is 6.62. The van der Waals surface area contributed by atoms with Crippen molar-refractivity contribution < 1.29 is 9.53 Å². The normalized spacial score (nSPS) is 17.2. The van der Waals surface area contributed by atoms with E-state index in [1.165, 1.54) is 11.3 Å². The minimum absolute atomic E-state index is 0.0790. The second-order valence-electron chi connectivity index (χ2n) is 8.61. The van der Waals surface area contributed by atoms with Crippen molar-refractivity contribution in [2.24, 2.45) is 0 Å². The molecule has 1 unspecified atom stereocenters. The highest BCUT2D eigenvalue weighted by Crippen LogP contribution is 2.29. The topological polar surface area (TPSA) is 59.4 Å². The summed E-state index contributed by atoms with van der Waals surface area (Å²) >= 11 is 0. The molecule has 3 aromatic rings. The molecule has 2 aromatic carbocycles. The van der Waals surface area contributed by atoms with E-state index in [4.69, 9.17) is 9.84 Å². The first-order valence-electron chi connectivity index (χ1n) is 11.5. The third kappa shape index (κ3) is 4.08. The maximum absolute atomic E-state index is 13.3. The van der Waals surface area contributed by atoms with Crippen molar-refractivity contribution in [1.29, 1.82) is 0 Å². The first kappa shape index (κ1) is 20.9. The van der Waals surface area contributed by atoms with Crippen molar-refractivity contribution >= 4 is 5.91 Å². The standard InChI is InChI=1S/C26H30N4O2/c1-19-8-5-6-12-22(19)30-23-13-7-11-21(23)25(28-30)26(31)27-18-24(20-9-3-2-4-10-20)29-14-16-32-17-15-29/h2-6,8-10,12,24H,7,11,13-18H2,1H3,(H,27,31). The quantitative estimate of drug-likeness (QED) is 0.651. The number of carbonyl (C=O) groups is 1. The first-order valence-corrected chi connectivity index (χ1v) is 11.5. The number of nitrogens with zero attached hydrogens (tertiary/aromatic N) is 3. The van der Waals surface area contributed by atoms with Crippen LogP contribution in [0.4, 0.5) is 0 Å². The number of aromatic nitrogens is 2. The maximum atomic E-state index is 13.3. The largest absolute Gasteiger partial charge is 0.379 e. The Labute approximate surface area is 189 Å². The van der Waals surface area contributed by atoms with Crippen LogP contribution in [0.15, 0.2) is 54.6 Å². The molecule has 2 heterocycles. The van der Waals surface area contributed by atoms with E-state index in [2.05, 4.69) is 53.5 Å². The Balaban J connectivity index is 1.39. The van der Waals surface area contributed by atoms with Gasteiger partial charge in [0, 0.05) is 30.9 Å². The van der Waals surface area contributed by atoms with Gasteiger partial charge in [-0.25, -0.2) is 4.68 Å². The van der Waals surface area contributed by atoms with Crippen molar-refractivity contribution in [3.63, 3.8) is 0 Å². The molecular weight excluding hydrogens is 400 g/mol. The highest BCUT2D eigenvalue weighted by molar-refractivity contribution is 5.94. The van der Waals surface area contributed by atoms with Crippen LogP contribution in [0.1, 0.15) is 45.3 Å². The van der Waals surface area contributed by atoms with Gasteiger partial charge in [-0.2, -0.15) is 5.10 Å². The van der Waals surface area contributed by atoms with Crippen molar-refractivity contribution in [2.75, 3.05) is 32.8 Å². The molecule has 1 atom stereocenters. The Bertz CT molecular complexity index is 1090. The Morgan fingerprint density at radius 3 is 2.59 bits per heavy atom. The van der Waals surface area contributed by atoms with E-state index < -0.39 is 0 Å². The van der Waals surface area contributed by atoms with E-state index in [0.717, 1.165) is 62.4 Å². The number of rotatable bonds is 6. The summed E-state index contributed by atoms with van der Waals surface area (Å²) in [7, 11) is 0.